The van der Waals surface area contributed by atoms with E-state index in [1.54, 1.807) is 48.9 Å². The molecule has 1 aromatic carbocycles. The molecule has 156 valence electrons. The Balaban J connectivity index is 1.50. The average molecular weight is 438 g/mol. The minimum atomic E-state index is -3.57. The van der Waals surface area contributed by atoms with Crippen LogP contribution in [0.5, 0.6) is 5.75 Å². The predicted molar refractivity (Wildman–Crippen MR) is 109 cm³/mol. The van der Waals surface area contributed by atoms with Crippen LogP contribution < -0.4 is 15.4 Å². The van der Waals surface area contributed by atoms with Crippen molar-refractivity contribution in [2.75, 3.05) is 20.2 Å². The summed E-state index contributed by atoms with van der Waals surface area (Å²) in [5, 5.41) is 6.82. The van der Waals surface area contributed by atoms with Crippen LogP contribution in [0.2, 0.25) is 0 Å². The minimum absolute atomic E-state index is 0.0966. The molecule has 1 saturated heterocycles. The molecule has 1 fully saturated rings. The summed E-state index contributed by atoms with van der Waals surface area (Å²) >= 11 is 1.17. The second-order valence-electron chi connectivity index (χ2n) is 6.58. The number of nitrogens with zero attached hydrogens (tertiary/aromatic N) is 1. The lowest BCUT2D eigenvalue weighted by molar-refractivity contribution is -0.139. The van der Waals surface area contributed by atoms with Crippen molar-refractivity contribution in [3.63, 3.8) is 0 Å². The second kappa shape index (κ2) is 9.38. The van der Waals surface area contributed by atoms with Crippen molar-refractivity contribution in [2.24, 2.45) is 0 Å². The van der Waals surface area contributed by atoms with E-state index in [9.17, 15) is 18.0 Å². The normalized spacial score (nSPS) is 17.1. The zero-order chi connectivity index (χ0) is 20.9. The van der Waals surface area contributed by atoms with Crippen molar-refractivity contribution in [1.82, 2.24) is 14.9 Å². The number of amides is 2. The Bertz CT molecular complexity index is 943. The summed E-state index contributed by atoms with van der Waals surface area (Å²) in [6, 6.07) is 10.0. The molecule has 0 spiro atoms. The molecule has 1 atom stereocenters. The van der Waals surface area contributed by atoms with Gasteiger partial charge in [0.05, 0.1) is 7.11 Å². The molecule has 0 radical (unpaired) electrons. The Kier molecular flexibility index (Phi) is 6.88. The standard InChI is InChI=1S/C19H23N3O5S2/c1-27-16-8-6-14(7-9-16)12-20-18(23)19(24)21-13-15-4-2-10-22(15)29(25,26)17-5-3-11-28-17/h3,5-9,11,15H,2,4,10,12-13H2,1H3,(H,20,23)(H,21,24)/t15-/m0/s1. The highest BCUT2D eigenvalue weighted by Gasteiger charge is 2.36. The molecule has 1 aliphatic heterocycles. The van der Waals surface area contributed by atoms with Gasteiger partial charge >= 0.3 is 11.8 Å². The quantitative estimate of drug-likeness (QED) is 0.636. The van der Waals surface area contributed by atoms with Gasteiger partial charge in [-0.1, -0.05) is 18.2 Å². The van der Waals surface area contributed by atoms with Crippen LogP contribution in [-0.4, -0.2) is 50.8 Å². The minimum Gasteiger partial charge on any atom is -0.497 e. The van der Waals surface area contributed by atoms with Gasteiger partial charge in [0.1, 0.15) is 9.96 Å². The molecule has 10 heteroatoms. The summed E-state index contributed by atoms with van der Waals surface area (Å²) < 4.78 is 32.2. The number of carbonyl (C=O) groups excluding carboxylic acids is 2. The Morgan fingerprint density at radius 1 is 1.17 bits per heavy atom. The molecule has 1 aromatic heterocycles. The average Bonchev–Trinajstić information content (AvgIpc) is 3.43. The van der Waals surface area contributed by atoms with E-state index >= 15 is 0 Å². The maximum atomic E-state index is 12.7. The van der Waals surface area contributed by atoms with Crippen LogP contribution in [0.1, 0.15) is 18.4 Å². The Morgan fingerprint density at radius 3 is 2.55 bits per heavy atom. The summed E-state index contributed by atoms with van der Waals surface area (Å²) in [6.07, 6.45) is 1.35. The van der Waals surface area contributed by atoms with E-state index in [0.29, 0.717) is 18.7 Å². The van der Waals surface area contributed by atoms with Gasteiger partial charge in [0, 0.05) is 25.7 Å². The summed E-state index contributed by atoms with van der Waals surface area (Å²) in [4.78, 5) is 24.1. The van der Waals surface area contributed by atoms with Gasteiger partial charge in [-0.2, -0.15) is 4.31 Å². The number of nitrogens with one attached hydrogen (secondary N) is 2. The number of thiophene rings is 1. The van der Waals surface area contributed by atoms with Crippen molar-refractivity contribution >= 4 is 33.2 Å². The van der Waals surface area contributed by atoms with E-state index in [0.717, 1.165) is 12.0 Å². The predicted octanol–water partition coefficient (Wildman–Crippen LogP) is 1.34. The lowest BCUT2D eigenvalue weighted by Gasteiger charge is -2.23. The fraction of sp³-hybridized carbons (Fsp3) is 0.368. The van der Waals surface area contributed by atoms with Crippen molar-refractivity contribution in [3.8, 4) is 5.75 Å². The van der Waals surface area contributed by atoms with Crippen LogP contribution in [0.4, 0.5) is 0 Å². The first-order valence-corrected chi connectivity index (χ1v) is 11.5. The monoisotopic (exact) mass is 437 g/mol. The number of carbonyl (C=O) groups is 2. The molecule has 8 nitrogen and oxygen atoms in total. The third-order valence-electron chi connectivity index (χ3n) is 4.70. The smallest absolute Gasteiger partial charge is 0.309 e. The van der Waals surface area contributed by atoms with E-state index in [-0.39, 0.29) is 23.3 Å². The van der Waals surface area contributed by atoms with Crippen LogP contribution in [0.3, 0.4) is 0 Å². The van der Waals surface area contributed by atoms with Gasteiger partial charge < -0.3 is 15.4 Å². The zero-order valence-electron chi connectivity index (χ0n) is 16.0. The maximum Gasteiger partial charge on any atom is 0.309 e. The van der Waals surface area contributed by atoms with Gasteiger partial charge in [0.2, 0.25) is 0 Å². The van der Waals surface area contributed by atoms with Crippen molar-refractivity contribution in [2.45, 2.75) is 29.6 Å². The third kappa shape index (κ3) is 5.14. The third-order valence-corrected chi connectivity index (χ3v) is 8.02. The number of sulfonamides is 1. The Morgan fingerprint density at radius 2 is 1.90 bits per heavy atom. The molecule has 0 unspecified atom stereocenters. The molecule has 0 saturated carbocycles. The van der Waals surface area contributed by atoms with Crippen LogP contribution >= 0.6 is 11.3 Å². The highest BCUT2D eigenvalue weighted by atomic mass is 32.2. The molecule has 2 aromatic rings. The molecule has 0 aliphatic carbocycles. The molecule has 3 rings (SSSR count). The molecule has 2 N–H and O–H groups in total. The van der Waals surface area contributed by atoms with Gasteiger partial charge in [-0.05, 0) is 42.0 Å². The fourth-order valence-corrected chi connectivity index (χ4v) is 5.96. The van der Waals surface area contributed by atoms with E-state index in [4.69, 9.17) is 4.74 Å². The maximum absolute atomic E-state index is 12.7. The van der Waals surface area contributed by atoms with Gasteiger partial charge in [0.15, 0.2) is 0 Å². The van der Waals surface area contributed by atoms with E-state index in [2.05, 4.69) is 10.6 Å². The molecule has 0 bridgehead atoms. The number of benzene rings is 1. The second-order valence-corrected chi connectivity index (χ2v) is 9.65. The van der Waals surface area contributed by atoms with Crippen molar-refractivity contribution in [1.29, 1.82) is 0 Å². The molecule has 2 heterocycles. The number of hydrogen-bond donors (Lipinski definition) is 2. The lowest BCUT2D eigenvalue weighted by Crippen LogP contribution is -2.46. The summed E-state index contributed by atoms with van der Waals surface area (Å²) in [6.45, 7) is 0.711. The lowest BCUT2D eigenvalue weighted by atomic mass is 10.2. The SMILES string of the molecule is COc1ccc(CNC(=O)C(=O)NC[C@@H]2CCCN2S(=O)(=O)c2cccs2)cc1. The van der Waals surface area contributed by atoms with Gasteiger partial charge in [-0.3, -0.25) is 9.59 Å². The summed E-state index contributed by atoms with van der Waals surface area (Å²) in [5.74, 6) is -0.832. The first-order chi connectivity index (χ1) is 13.9. The molecular formula is C19H23N3O5S2. The van der Waals surface area contributed by atoms with Gasteiger partial charge in [0.25, 0.3) is 10.0 Å². The van der Waals surface area contributed by atoms with Crippen LogP contribution in [0.15, 0.2) is 46.0 Å². The topological polar surface area (TPSA) is 105 Å². The van der Waals surface area contributed by atoms with E-state index in [1.165, 1.54) is 15.6 Å². The van der Waals surface area contributed by atoms with Gasteiger partial charge in [-0.25, -0.2) is 8.42 Å². The first-order valence-electron chi connectivity index (χ1n) is 9.16. The largest absolute Gasteiger partial charge is 0.497 e. The fourth-order valence-electron chi connectivity index (χ4n) is 3.15. The molecule has 2 amide bonds. The van der Waals surface area contributed by atoms with Crippen molar-refractivity contribution < 1.29 is 22.7 Å². The molecular weight excluding hydrogens is 414 g/mol. The highest BCUT2D eigenvalue weighted by Crippen LogP contribution is 2.28. The van der Waals surface area contributed by atoms with E-state index < -0.39 is 21.8 Å². The molecule has 1 aliphatic rings. The van der Waals surface area contributed by atoms with Crippen LogP contribution in [0.25, 0.3) is 0 Å². The Hall–Kier alpha value is -2.43. The van der Waals surface area contributed by atoms with Crippen LogP contribution in [-0.2, 0) is 26.2 Å². The number of methoxy groups -OCH3 is 1. The molecule has 29 heavy (non-hydrogen) atoms. The summed E-state index contributed by atoms with van der Waals surface area (Å²) in [7, 11) is -2.01. The zero-order valence-corrected chi connectivity index (χ0v) is 17.6. The number of rotatable bonds is 7. The first kappa shape index (κ1) is 21.3. The Labute approximate surface area is 173 Å². The van der Waals surface area contributed by atoms with Crippen LogP contribution in [0, 0.1) is 0 Å². The number of ether oxygens (including phenoxy) is 1. The highest BCUT2D eigenvalue weighted by molar-refractivity contribution is 7.91. The van der Waals surface area contributed by atoms with Crippen molar-refractivity contribution in [3.05, 3.63) is 47.3 Å². The van der Waals surface area contributed by atoms with E-state index in [1.807, 2.05) is 0 Å². The summed E-state index contributed by atoms with van der Waals surface area (Å²) in [5.41, 5.74) is 0.830. The van der Waals surface area contributed by atoms with Gasteiger partial charge in [-0.15, -0.1) is 11.3 Å². The number of hydrogen-bond acceptors (Lipinski definition) is 6.